The van der Waals surface area contributed by atoms with Crippen LogP contribution in [0.4, 0.5) is 0 Å². The van der Waals surface area contributed by atoms with E-state index in [1.807, 2.05) is 0 Å². The molecule has 0 aliphatic carbocycles. The lowest BCUT2D eigenvalue weighted by Crippen LogP contribution is -2.30. The zero-order valence-corrected chi connectivity index (χ0v) is 39.8. The maximum atomic E-state index is 12.8. The summed E-state index contributed by atoms with van der Waals surface area (Å²) in [7, 11) is 0. The Bertz CT molecular complexity index is 916. The molecule has 59 heavy (non-hydrogen) atoms. The van der Waals surface area contributed by atoms with Crippen molar-refractivity contribution < 1.29 is 28.6 Å². The Morgan fingerprint density at radius 1 is 0.322 bits per heavy atom. The van der Waals surface area contributed by atoms with Gasteiger partial charge in [0.2, 0.25) is 0 Å². The third-order valence-electron chi connectivity index (χ3n) is 11.8. The van der Waals surface area contributed by atoms with Crippen LogP contribution in [-0.4, -0.2) is 37.2 Å². The van der Waals surface area contributed by atoms with Crippen LogP contribution in [0, 0.1) is 0 Å². The van der Waals surface area contributed by atoms with Crippen molar-refractivity contribution in [2.75, 3.05) is 13.2 Å². The largest absolute Gasteiger partial charge is 0.462 e. The van der Waals surface area contributed by atoms with Crippen molar-refractivity contribution in [1.82, 2.24) is 0 Å². The smallest absolute Gasteiger partial charge is 0.306 e. The second-order valence-corrected chi connectivity index (χ2v) is 17.8. The quantitative estimate of drug-likeness (QED) is 0.0263. The maximum absolute atomic E-state index is 12.8. The molecule has 0 radical (unpaired) electrons. The Labute approximate surface area is 367 Å². The summed E-state index contributed by atoms with van der Waals surface area (Å²) in [5, 5.41) is 0. The van der Waals surface area contributed by atoms with Gasteiger partial charge >= 0.3 is 17.9 Å². The molecule has 0 aliphatic heterocycles. The zero-order chi connectivity index (χ0) is 43.0. The number of hydrogen-bond donors (Lipinski definition) is 0. The number of rotatable bonds is 48. The van der Waals surface area contributed by atoms with Gasteiger partial charge in [-0.05, 0) is 44.9 Å². The second-order valence-electron chi connectivity index (χ2n) is 17.8. The van der Waals surface area contributed by atoms with Crippen LogP contribution in [0.15, 0.2) is 12.2 Å². The molecule has 6 nitrogen and oxygen atoms in total. The van der Waals surface area contributed by atoms with Gasteiger partial charge in [-0.2, -0.15) is 0 Å². The van der Waals surface area contributed by atoms with Gasteiger partial charge in [0.05, 0.1) is 0 Å². The van der Waals surface area contributed by atoms with Gasteiger partial charge in [0.25, 0.3) is 0 Å². The molecule has 0 bridgehead atoms. The molecule has 0 fully saturated rings. The first-order chi connectivity index (χ1) is 29.0. The number of hydrogen-bond acceptors (Lipinski definition) is 6. The molecular formula is C53H100O6. The zero-order valence-electron chi connectivity index (χ0n) is 39.8. The van der Waals surface area contributed by atoms with Gasteiger partial charge in [0, 0.05) is 19.3 Å². The lowest BCUT2D eigenvalue weighted by atomic mass is 10.0. The number of carbonyl (C=O) groups excluding carboxylic acids is 3. The number of carbonyl (C=O) groups is 3. The van der Waals surface area contributed by atoms with E-state index in [0.717, 1.165) is 64.2 Å². The SMILES string of the molecule is CCCCCC/C=C\CCCCCCCC(=O)OC[C@H](COC(=O)CCCCCCCCCCCCCCCCC)OC(=O)CCCCCCCCCCCCCCC. The van der Waals surface area contributed by atoms with Gasteiger partial charge < -0.3 is 14.2 Å². The molecule has 0 aliphatic rings. The van der Waals surface area contributed by atoms with Gasteiger partial charge in [-0.25, -0.2) is 0 Å². The summed E-state index contributed by atoms with van der Waals surface area (Å²) in [6.07, 6.45) is 53.3. The minimum Gasteiger partial charge on any atom is -0.462 e. The lowest BCUT2D eigenvalue weighted by molar-refractivity contribution is -0.167. The average Bonchev–Trinajstić information content (AvgIpc) is 3.23. The molecule has 0 aromatic heterocycles. The summed E-state index contributed by atoms with van der Waals surface area (Å²) in [5.41, 5.74) is 0. The Hall–Kier alpha value is -1.85. The van der Waals surface area contributed by atoms with Crippen molar-refractivity contribution in [1.29, 1.82) is 0 Å². The molecule has 0 unspecified atom stereocenters. The lowest BCUT2D eigenvalue weighted by Gasteiger charge is -2.18. The van der Waals surface area contributed by atoms with Crippen molar-refractivity contribution in [3.63, 3.8) is 0 Å². The van der Waals surface area contributed by atoms with Crippen LogP contribution < -0.4 is 0 Å². The number of allylic oxidation sites excluding steroid dienone is 2. The summed E-state index contributed by atoms with van der Waals surface area (Å²) in [6.45, 7) is 6.65. The van der Waals surface area contributed by atoms with E-state index in [0.29, 0.717) is 19.3 Å². The fourth-order valence-corrected chi connectivity index (χ4v) is 7.79. The molecule has 348 valence electrons. The minimum atomic E-state index is -0.766. The third kappa shape index (κ3) is 47.1. The molecule has 0 saturated heterocycles. The number of unbranched alkanes of at least 4 members (excludes halogenated alkanes) is 35. The van der Waals surface area contributed by atoms with Gasteiger partial charge in [-0.15, -0.1) is 0 Å². The fraction of sp³-hybridized carbons (Fsp3) is 0.906. The molecule has 0 aromatic carbocycles. The van der Waals surface area contributed by atoms with Crippen LogP contribution in [0.5, 0.6) is 0 Å². The Kier molecular flexibility index (Phi) is 47.3. The molecule has 6 heteroatoms. The Balaban J connectivity index is 4.33. The standard InChI is InChI=1S/C53H100O6/c1-4-7-10-13-16-19-22-25-26-29-31-34-37-40-43-46-52(55)58-49-50(59-53(56)47-44-41-38-35-32-28-24-21-18-15-12-9-6-3)48-57-51(54)45-42-39-36-33-30-27-23-20-17-14-11-8-5-2/h20,23,50H,4-19,21-22,24-49H2,1-3H3/b23-20-/t50-/m1/s1. The highest BCUT2D eigenvalue weighted by Crippen LogP contribution is 2.16. The van der Waals surface area contributed by atoms with Crippen molar-refractivity contribution in [2.45, 2.75) is 297 Å². The highest BCUT2D eigenvalue weighted by Gasteiger charge is 2.19. The Morgan fingerprint density at radius 3 is 0.864 bits per heavy atom. The Morgan fingerprint density at radius 2 is 0.559 bits per heavy atom. The molecule has 0 spiro atoms. The predicted molar refractivity (Wildman–Crippen MR) is 252 cm³/mol. The van der Waals surface area contributed by atoms with Gasteiger partial charge in [-0.1, -0.05) is 238 Å². The van der Waals surface area contributed by atoms with E-state index in [2.05, 4.69) is 32.9 Å². The van der Waals surface area contributed by atoms with Crippen molar-refractivity contribution in [2.24, 2.45) is 0 Å². The number of ether oxygens (including phenoxy) is 3. The van der Waals surface area contributed by atoms with E-state index in [-0.39, 0.29) is 31.1 Å². The van der Waals surface area contributed by atoms with Gasteiger partial charge in [0.15, 0.2) is 6.10 Å². The topological polar surface area (TPSA) is 78.9 Å². The average molecular weight is 833 g/mol. The van der Waals surface area contributed by atoms with Gasteiger partial charge in [-0.3, -0.25) is 14.4 Å². The van der Waals surface area contributed by atoms with Crippen LogP contribution in [0.25, 0.3) is 0 Å². The van der Waals surface area contributed by atoms with E-state index in [1.54, 1.807) is 0 Å². The third-order valence-corrected chi connectivity index (χ3v) is 11.8. The first-order valence-corrected chi connectivity index (χ1v) is 26.2. The van der Waals surface area contributed by atoms with Crippen LogP contribution >= 0.6 is 0 Å². The molecule has 1 atom stereocenters. The van der Waals surface area contributed by atoms with Crippen molar-refractivity contribution in [3.8, 4) is 0 Å². The van der Waals surface area contributed by atoms with Crippen LogP contribution in [0.1, 0.15) is 290 Å². The normalized spacial score (nSPS) is 12.0. The van der Waals surface area contributed by atoms with E-state index in [4.69, 9.17) is 14.2 Å². The van der Waals surface area contributed by atoms with Crippen molar-refractivity contribution >= 4 is 17.9 Å². The van der Waals surface area contributed by atoms with Crippen LogP contribution in [-0.2, 0) is 28.6 Å². The molecule has 0 heterocycles. The van der Waals surface area contributed by atoms with Gasteiger partial charge in [0.1, 0.15) is 13.2 Å². The predicted octanol–water partition coefficient (Wildman–Crippen LogP) is 17.0. The molecular weight excluding hydrogens is 733 g/mol. The van der Waals surface area contributed by atoms with Crippen molar-refractivity contribution in [3.05, 3.63) is 12.2 Å². The summed E-state index contributed by atoms with van der Waals surface area (Å²) in [6, 6.07) is 0. The van der Waals surface area contributed by atoms with E-state index < -0.39 is 6.10 Å². The maximum Gasteiger partial charge on any atom is 0.306 e. The highest BCUT2D eigenvalue weighted by molar-refractivity contribution is 5.71. The molecule has 0 saturated carbocycles. The van der Waals surface area contributed by atoms with E-state index in [9.17, 15) is 14.4 Å². The first-order valence-electron chi connectivity index (χ1n) is 26.2. The summed E-state index contributed by atoms with van der Waals surface area (Å²) in [4.78, 5) is 37.9. The number of esters is 3. The highest BCUT2D eigenvalue weighted by atomic mass is 16.6. The monoisotopic (exact) mass is 833 g/mol. The van der Waals surface area contributed by atoms with E-state index in [1.165, 1.54) is 186 Å². The van der Waals surface area contributed by atoms with Crippen LogP contribution in [0.2, 0.25) is 0 Å². The molecule has 0 aromatic rings. The molecule has 0 amide bonds. The molecule has 0 N–H and O–H groups in total. The first kappa shape index (κ1) is 57.1. The summed E-state index contributed by atoms with van der Waals surface area (Å²) in [5.74, 6) is -0.859. The minimum absolute atomic E-state index is 0.0671. The summed E-state index contributed by atoms with van der Waals surface area (Å²) < 4.78 is 16.8. The van der Waals surface area contributed by atoms with E-state index >= 15 is 0 Å². The molecule has 0 rings (SSSR count). The second kappa shape index (κ2) is 48.8. The van der Waals surface area contributed by atoms with Crippen LogP contribution in [0.3, 0.4) is 0 Å². The fourth-order valence-electron chi connectivity index (χ4n) is 7.79. The summed E-state index contributed by atoms with van der Waals surface area (Å²) >= 11 is 0.